The van der Waals surface area contributed by atoms with Crippen LogP contribution in [0.3, 0.4) is 0 Å². The molecule has 1 heterocycles. The number of rotatable bonds is 2. The van der Waals surface area contributed by atoms with E-state index in [1.807, 2.05) is 0 Å². The van der Waals surface area contributed by atoms with E-state index in [1.165, 1.54) is 24.3 Å². The maximum atomic E-state index is 13.3. The van der Waals surface area contributed by atoms with E-state index in [1.54, 1.807) is 6.07 Å². The summed E-state index contributed by atoms with van der Waals surface area (Å²) in [6.45, 7) is 0. The minimum atomic E-state index is -5.79. The fourth-order valence-corrected chi connectivity index (χ4v) is 1.53. The summed E-state index contributed by atoms with van der Waals surface area (Å²) in [4.78, 5) is 0. The lowest BCUT2D eigenvalue weighted by atomic mass is 10.0. The molecule has 0 aliphatic rings. The number of nitrogens with two attached hydrogens (primary N) is 1. The predicted molar refractivity (Wildman–Crippen MR) is 56.3 cm³/mol. The smallest absolute Gasteiger partial charge is 0.380 e. The van der Waals surface area contributed by atoms with Gasteiger partial charge in [-0.15, -0.1) is 0 Å². The Morgan fingerprint density at radius 1 is 1.00 bits per heavy atom. The van der Waals surface area contributed by atoms with E-state index in [9.17, 15) is 22.0 Å². The van der Waals surface area contributed by atoms with Crippen LogP contribution in [0.15, 0.2) is 34.9 Å². The van der Waals surface area contributed by atoms with Crippen LogP contribution in [0.2, 0.25) is 0 Å². The molecule has 2 rings (SSSR count). The van der Waals surface area contributed by atoms with E-state index < -0.39 is 29.2 Å². The monoisotopic (exact) mass is 278 g/mol. The second-order valence-corrected chi connectivity index (χ2v) is 3.71. The first kappa shape index (κ1) is 13.3. The van der Waals surface area contributed by atoms with Crippen LogP contribution in [-0.4, -0.2) is 11.3 Å². The number of halogens is 5. The Balaban J connectivity index is 2.63. The van der Waals surface area contributed by atoms with Gasteiger partial charge in [-0.25, -0.2) is 0 Å². The van der Waals surface area contributed by atoms with Crippen LogP contribution in [0, 0.1) is 0 Å². The highest BCUT2D eigenvalue weighted by Crippen LogP contribution is 2.48. The molecule has 8 heteroatoms. The quantitative estimate of drug-likeness (QED) is 0.854. The number of hydrogen-bond acceptors (Lipinski definition) is 3. The van der Waals surface area contributed by atoms with E-state index in [0.29, 0.717) is 0 Å². The highest BCUT2D eigenvalue weighted by atomic mass is 19.4. The van der Waals surface area contributed by atoms with Gasteiger partial charge in [-0.2, -0.15) is 22.0 Å². The van der Waals surface area contributed by atoms with Crippen molar-refractivity contribution in [1.29, 1.82) is 0 Å². The zero-order valence-electron chi connectivity index (χ0n) is 9.21. The third-order valence-corrected chi connectivity index (χ3v) is 2.42. The van der Waals surface area contributed by atoms with Crippen LogP contribution in [0.1, 0.15) is 5.76 Å². The molecule has 0 unspecified atom stereocenters. The second kappa shape index (κ2) is 4.22. The average Bonchev–Trinajstić information content (AvgIpc) is 2.71. The summed E-state index contributed by atoms with van der Waals surface area (Å²) >= 11 is 0. The second-order valence-electron chi connectivity index (χ2n) is 3.71. The van der Waals surface area contributed by atoms with Crippen LogP contribution in [0.4, 0.5) is 27.8 Å². The van der Waals surface area contributed by atoms with Crippen molar-refractivity contribution in [3.05, 3.63) is 36.1 Å². The van der Waals surface area contributed by atoms with Gasteiger partial charge in [0.15, 0.2) is 5.82 Å². The molecule has 0 fully saturated rings. The largest absolute Gasteiger partial charge is 0.461 e. The normalized spacial score (nSPS) is 12.7. The van der Waals surface area contributed by atoms with Gasteiger partial charge in [0.25, 0.3) is 0 Å². The first-order valence-corrected chi connectivity index (χ1v) is 5.00. The molecule has 0 saturated heterocycles. The molecule has 0 amide bonds. The van der Waals surface area contributed by atoms with Gasteiger partial charge in [0, 0.05) is 0 Å². The van der Waals surface area contributed by atoms with Crippen molar-refractivity contribution >= 4 is 5.82 Å². The molecular formula is C11H7F5N2O. The molecule has 1 aromatic carbocycles. The Hall–Kier alpha value is -2.12. The maximum absolute atomic E-state index is 13.3. The zero-order chi connectivity index (χ0) is 14.3. The van der Waals surface area contributed by atoms with Crippen molar-refractivity contribution in [2.24, 2.45) is 0 Å². The van der Waals surface area contributed by atoms with Crippen LogP contribution < -0.4 is 5.73 Å². The molecule has 3 nitrogen and oxygen atoms in total. The lowest BCUT2D eigenvalue weighted by Crippen LogP contribution is -2.33. The summed E-state index contributed by atoms with van der Waals surface area (Å²) in [5, 5.41) is 3.00. The number of alkyl halides is 5. The Morgan fingerprint density at radius 2 is 1.58 bits per heavy atom. The fourth-order valence-electron chi connectivity index (χ4n) is 1.53. The SMILES string of the molecule is Nc1noc(C(F)(F)C(F)(F)F)c1-c1ccccc1. The third-order valence-electron chi connectivity index (χ3n) is 2.42. The molecule has 0 aliphatic heterocycles. The average molecular weight is 278 g/mol. The Labute approximate surface area is 103 Å². The number of benzene rings is 1. The van der Waals surface area contributed by atoms with Gasteiger partial charge in [-0.1, -0.05) is 35.5 Å². The van der Waals surface area contributed by atoms with Gasteiger partial charge < -0.3 is 10.3 Å². The molecule has 0 spiro atoms. The summed E-state index contributed by atoms with van der Waals surface area (Å²) in [7, 11) is 0. The van der Waals surface area contributed by atoms with Crippen LogP contribution in [0.5, 0.6) is 0 Å². The number of aromatic nitrogens is 1. The van der Waals surface area contributed by atoms with Crippen molar-refractivity contribution in [3.8, 4) is 11.1 Å². The number of nitrogen functional groups attached to an aromatic ring is 1. The Bertz CT molecular complexity index is 577. The van der Waals surface area contributed by atoms with Crippen LogP contribution >= 0.6 is 0 Å². The predicted octanol–water partition coefficient (Wildman–Crippen LogP) is 3.58. The first-order valence-electron chi connectivity index (χ1n) is 5.00. The molecule has 0 bridgehead atoms. The highest BCUT2D eigenvalue weighted by Gasteiger charge is 2.63. The maximum Gasteiger partial charge on any atom is 0.461 e. The van der Waals surface area contributed by atoms with Gasteiger partial charge in [0.2, 0.25) is 5.76 Å². The first-order chi connectivity index (χ1) is 8.75. The van der Waals surface area contributed by atoms with Gasteiger partial charge in [-0.05, 0) is 5.56 Å². The third kappa shape index (κ3) is 2.13. The van der Waals surface area contributed by atoms with Crippen molar-refractivity contribution in [2.45, 2.75) is 12.1 Å². The summed E-state index contributed by atoms with van der Waals surface area (Å²) in [5.74, 6) is -7.29. The van der Waals surface area contributed by atoms with Crippen molar-refractivity contribution in [3.63, 3.8) is 0 Å². The molecule has 0 aliphatic carbocycles. The van der Waals surface area contributed by atoms with E-state index >= 15 is 0 Å². The molecule has 102 valence electrons. The molecule has 2 N–H and O–H groups in total. The molecule has 0 atom stereocenters. The van der Waals surface area contributed by atoms with Crippen molar-refractivity contribution < 1.29 is 26.5 Å². The fraction of sp³-hybridized carbons (Fsp3) is 0.182. The molecule has 2 aromatic rings. The molecule has 0 saturated carbocycles. The topological polar surface area (TPSA) is 52.0 Å². The standard InChI is InChI=1S/C11H7F5N2O/c12-10(13,11(14,15)16)8-7(9(17)18-19-8)6-4-2-1-3-5-6/h1-5H,(H2,17,18). The number of hydrogen-bond donors (Lipinski definition) is 1. The molecule has 19 heavy (non-hydrogen) atoms. The van der Waals surface area contributed by atoms with Gasteiger partial charge in [0.05, 0.1) is 5.56 Å². The lowest BCUT2D eigenvalue weighted by Gasteiger charge is -2.17. The molecular weight excluding hydrogens is 271 g/mol. The van der Waals surface area contributed by atoms with Gasteiger partial charge >= 0.3 is 12.1 Å². The Kier molecular flexibility index (Phi) is 2.95. The van der Waals surface area contributed by atoms with E-state index in [-0.39, 0.29) is 5.56 Å². The summed E-state index contributed by atoms with van der Waals surface area (Å²) in [5.41, 5.74) is 4.82. The van der Waals surface area contributed by atoms with E-state index in [2.05, 4.69) is 9.68 Å². The minimum Gasteiger partial charge on any atom is -0.380 e. The van der Waals surface area contributed by atoms with Gasteiger partial charge in [0.1, 0.15) is 0 Å². The van der Waals surface area contributed by atoms with Crippen molar-refractivity contribution in [1.82, 2.24) is 5.16 Å². The van der Waals surface area contributed by atoms with Gasteiger partial charge in [-0.3, -0.25) is 0 Å². The molecule has 1 aromatic heterocycles. The number of nitrogens with zero attached hydrogens (tertiary/aromatic N) is 1. The summed E-state index contributed by atoms with van der Waals surface area (Å²) in [6.07, 6.45) is -5.79. The van der Waals surface area contributed by atoms with Crippen molar-refractivity contribution in [2.75, 3.05) is 5.73 Å². The molecule has 0 radical (unpaired) electrons. The minimum absolute atomic E-state index is 0.0696. The summed E-state index contributed by atoms with van der Waals surface area (Å²) < 4.78 is 67.7. The number of anilines is 1. The lowest BCUT2D eigenvalue weighted by molar-refractivity contribution is -0.296. The Morgan fingerprint density at radius 3 is 2.11 bits per heavy atom. The van der Waals surface area contributed by atoms with Crippen LogP contribution in [-0.2, 0) is 5.92 Å². The summed E-state index contributed by atoms with van der Waals surface area (Å²) in [6, 6.07) is 7.18. The van der Waals surface area contributed by atoms with E-state index in [0.717, 1.165) is 0 Å². The van der Waals surface area contributed by atoms with Crippen LogP contribution in [0.25, 0.3) is 11.1 Å². The van der Waals surface area contributed by atoms with E-state index in [4.69, 9.17) is 5.73 Å². The highest BCUT2D eigenvalue weighted by molar-refractivity contribution is 5.76. The zero-order valence-corrected chi connectivity index (χ0v) is 9.21.